The van der Waals surface area contributed by atoms with Crippen LogP contribution in [0.25, 0.3) is 0 Å². The Hall–Kier alpha value is -1.99. The van der Waals surface area contributed by atoms with Crippen LogP contribution < -0.4 is 5.32 Å². The molecule has 0 radical (unpaired) electrons. The zero-order chi connectivity index (χ0) is 17.6. The van der Waals surface area contributed by atoms with Gasteiger partial charge in [0.05, 0.1) is 0 Å². The Balaban J connectivity index is 1.37. The van der Waals surface area contributed by atoms with Crippen LogP contribution in [-0.2, 0) is 14.3 Å². The Bertz CT molecular complexity index is 611. The highest BCUT2D eigenvalue weighted by atomic mass is 19.1. The zero-order valence-corrected chi connectivity index (χ0v) is 14.2. The smallest absolute Gasteiger partial charge is 0.251 e. The second-order valence-corrected chi connectivity index (χ2v) is 6.48. The van der Waals surface area contributed by atoms with Crippen LogP contribution in [0.15, 0.2) is 24.3 Å². The van der Waals surface area contributed by atoms with Gasteiger partial charge in [-0.05, 0) is 31.0 Å². The van der Waals surface area contributed by atoms with Crippen LogP contribution in [0.4, 0.5) is 10.1 Å². The standard InChI is InChI=1S/C18H24FN3O3/c19-14-3-1-4-15(13-14)20-17(23)6-7-21-8-10-22(11-9-21)18(24)16-5-2-12-25-16/h1,3-4,13,16H,2,5-12H2,(H,20,23)/t16-/m1/s1. The van der Waals surface area contributed by atoms with E-state index < -0.39 is 0 Å². The van der Waals surface area contributed by atoms with Gasteiger partial charge in [-0.25, -0.2) is 4.39 Å². The first-order valence-electron chi connectivity index (χ1n) is 8.80. The molecule has 25 heavy (non-hydrogen) atoms. The number of anilines is 1. The van der Waals surface area contributed by atoms with Gasteiger partial charge in [0.25, 0.3) is 5.91 Å². The van der Waals surface area contributed by atoms with Crippen LogP contribution in [0.5, 0.6) is 0 Å². The second kappa shape index (κ2) is 8.40. The molecular weight excluding hydrogens is 325 g/mol. The number of rotatable bonds is 5. The number of ether oxygens (including phenoxy) is 1. The normalized spacial score (nSPS) is 21.3. The molecular formula is C18H24FN3O3. The van der Waals surface area contributed by atoms with Crippen LogP contribution in [0.2, 0.25) is 0 Å². The van der Waals surface area contributed by atoms with Gasteiger partial charge in [0.1, 0.15) is 11.9 Å². The van der Waals surface area contributed by atoms with Crippen molar-refractivity contribution in [2.45, 2.75) is 25.4 Å². The maximum Gasteiger partial charge on any atom is 0.251 e. The number of hydrogen-bond donors (Lipinski definition) is 1. The average Bonchev–Trinajstić information content (AvgIpc) is 3.14. The van der Waals surface area contributed by atoms with Crippen molar-refractivity contribution in [3.63, 3.8) is 0 Å². The topological polar surface area (TPSA) is 61.9 Å². The van der Waals surface area contributed by atoms with E-state index in [1.807, 2.05) is 4.90 Å². The summed E-state index contributed by atoms with van der Waals surface area (Å²) in [5.74, 6) is -0.408. The van der Waals surface area contributed by atoms with Crippen molar-refractivity contribution < 1.29 is 18.7 Å². The van der Waals surface area contributed by atoms with E-state index >= 15 is 0 Å². The van der Waals surface area contributed by atoms with Crippen molar-refractivity contribution in [1.82, 2.24) is 9.80 Å². The van der Waals surface area contributed by atoms with Gasteiger partial charge in [-0.3, -0.25) is 14.5 Å². The van der Waals surface area contributed by atoms with Crippen LogP contribution in [-0.4, -0.2) is 67.0 Å². The predicted molar refractivity (Wildman–Crippen MR) is 91.6 cm³/mol. The van der Waals surface area contributed by atoms with E-state index in [0.717, 1.165) is 25.9 Å². The maximum atomic E-state index is 13.1. The Morgan fingerprint density at radius 3 is 2.72 bits per heavy atom. The number of halogens is 1. The van der Waals surface area contributed by atoms with Crippen molar-refractivity contribution in [3.8, 4) is 0 Å². The monoisotopic (exact) mass is 349 g/mol. The molecule has 6 nitrogen and oxygen atoms in total. The first-order valence-corrected chi connectivity index (χ1v) is 8.80. The Morgan fingerprint density at radius 1 is 1.24 bits per heavy atom. The third-order valence-corrected chi connectivity index (χ3v) is 4.65. The number of piperazine rings is 1. The van der Waals surface area contributed by atoms with Crippen molar-refractivity contribution in [1.29, 1.82) is 0 Å². The molecule has 1 aromatic carbocycles. The third kappa shape index (κ3) is 4.99. The lowest BCUT2D eigenvalue weighted by molar-refractivity contribution is -0.142. The third-order valence-electron chi connectivity index (χ3n) is 4.65. The molecule has 1 aromatic rings. The number of hydrogen-bond acceptors (Lipinski definition) is 4. The van der Waals surface area contributed by atoms with Gasteiger partial charge in [0.15, 0.2) is 0 Å². The summed E-state index contributed by atoms with van der Waals surface area (Å²) in [6.45, 7) is 4.16. The lowest BCUT2D eigenvalue weighted by Gasteiger charge is -2.35. The van der Waals surface area contributed by atoms with E-state index in [9.17, 15) is 14.0 Å². The van der Waals surface area contributed by atoms with E-state index in [4.69, 9.17) is 4.74 Å². The fourth-order valence-electron chi connectivity index (χ4n) is 3.22. The Kier molecular flexibility index (Phi) is 5.99. The summed E-state index contributed by atoms with van der Waals surface area (Å²) in [6.07, 6.45) is 1.86. The van der Waals surface area contributed by atoms with Crippen molar-refractivity contribution in [2.24, 2.45) is 0 Å². The predicted octanol–water partition coefficient (Wildman–Crippen LogP) is 1.48. The number of benzene rings is 1. The zero-order valence-electron chi connectivity index (χ0n) is 14.2. The summed E-state index contributed by atoms with van der Waals surface area (Å²) in [7, 11) is 0. The van der Waals surface area contributed by atoms with E-state index in [2.05, 4.69) is 10.2 Å². The SMILES string of the molecule is O=C(CCN1CCN(C(=O)[C@H]2CCCO2)CC1)Nc1cccc(F)c1. The molecule has 3 rings (SSSR count). The summed E-state index contributed by atoms with van der Waals surface area (Å²) < 4.78 is 18.6. The summed E-state index contributed by atoms with van der Waals surface area (Å²) in [5, 5.41) is 2.70. The van der Waals surface area contributed by atoms with Gasteiger partial charge in [-0.15, -0.1) is 0 Å². The van der Waals surface area contributed by atoms with Gasteiger partial charge in [0.2, 0.25) is 5.91 Å². The molecule has 2 aliphatic heterocycles. The molecule has 2 saturated heterocycles. The minimum absolute atomic E-state index is 0.0981. The summed E-state index contributed by atoms with van der Waals surface area (Å²) in [6, 6.07) is 5.87. The molecule has 2 amide bonds. The largest absolute Gasteiger partial charge is 0.368 e. The summed E-state index contributed by atoms with van der Waals surface area (Å²) in [5.41, 5.74) is 0.469. The van der Waals surface area contributed by atoms with Crippen LogP contribution in [0, 0.1) is 5.82 Å². The van der Waals surface area contributed by atoms with Crippen molar-refractivity contribution >= 4 is 17.5 Å². The quantitative estimate of drug-likeness (QED) is 0.875. The van der Waals surface area contributed by atoms with Crippen LogP contribution >= 0.6 is 0 Å². The number of carbonyl (C=O) groups excluding carboxylic acids is 2. The molecule has 0 aromatic heterocycles. The van der Waals surface area contributed by atoms with Crippen molar-refractivity contribution in [3.05, 3.63) is 30.1 Å². The lowest BCUT2D eigenvalue weighted by Crippen LogP contribution is -2.51. The van der Waals surface area contributed by atoms with Crippen molar-refractivity contribution in [2.75, 3.05) is 44.6 Å². The molecule has 2 fully saturated rings. The van der Waals surface area contributed by atoms with Crippen LogP contribution in [0.3, 0.4) is 0 Å². The maximum absolute atomic E-state index is 13.1. The van der Waals surface area contributed by atoms with E-state index in [-0.39, 0.29) is 23.7 Å². The number of amides is 2. The second-order valence-electron chi connectivity index (χ2n) is 6.48. The molecule has 2 heterocycles. The average molecular weight is 349 g/mol. The minimum Gasteiger partial charge on any atom is -0.368 e. The molecule has 1 N–H and O–H groups in total. The molecule has 0 aliphatic carbocycles. The Morgan fingerprint density at radius 2 is 2.04 bits per heavy atom. The molecule has 136 valence electrons. The first-order chi connectivity index (χ1) is 12.1. The molecule has 0 saturated carbocycles. The highest BCUT2D eigenvalue weighted by Gasteiger charge is 2.30. The number of carbonyl (C=O) groups is 2. The fourth-order valence-corrected chi connectivity index (χ4v) is 3.22. The highest BCUT2D eigenvalue weighted by molar-refractivity contribution is 5.90. The molecule has 1 atom stereocenters. The summed E-state index contributed by atoms with van der Waals surface area (Å²) in [4.78, 5) is 28.3. The molecule has 7 heteroatoms. The van der Waals surface area contributed by atoms with E-state index in [1.165, 1.54) is 12.1 Å². The van der Waals surface area contributed by atoms with Crippen LogP contribution in [0.1, 0.15) is 19.3 Å². The minimum atomic E-state index is -0.371. The molecule has 0 spiro atoms. The summed E-state index contributed by atoms with van der Waals surface area (Å²) >= 11 is 0. The molecule has 2 aliphatic rings. The van der Waals surface area contributed by atoms with Gasteiger partial charge in [-0.2, -0.15) is 0 Å². The fraction of sp³-hybridized carbons (Fsp3) is 0.556. The molecule has 0 bridgehead atoms. The lowest BCUT2D eigenvalue weighted by atomic mass is 10.2. The highest BCUT2D eigenvalue weighted by Crippen LogP contribution is 2.16. The van der Waals surface area contributed by atoms with Gasteiger partial charge >= 0.3 is 0 Å². The molecule has 0 unspecified atom stereocenters. The Labute approximate surface area is 146 Å². The van der Waals surface area contributed by atoms with Gasteiger partial charge in [0, 0.05) is 51.4 Å². The van der Waals surface area contributed by atoms with E-state index in [1.54, 1.807) is 12.1 Å². The first kappa shape index (κ1) is 17.8. The van der Waals surface area contributed by atoms with Gasteiger partial charge < -0.3 is 15.0 Å². The number of nitrogens with one attached hydrogen (secondary N) is 1. The van der Waals surface area contributed by atoms with Gasteiger partial charge in [-0.1, -0.05) is 6.07 Å². The van der Waals surface area contributed by atoms with E-state index in [0.29, 0.717) is 38.3 Å². The number of nitrogens with zero attached hydrogens (tertiary/aromatic N) is 2.